The average molecular weight is 233 g/mol. The number of hydrogen-bond donors (Lipinski definition) is 2. The molecule has 1 aliphatic rings. The highest BCUT2D eigenvalue weighted by Crippen LogP contribution is 2.38. The maximum absolute atomic E-state index is 12.2. The minimum Gasteiger partial charge on any atom is -0.309 e. The van der Waals surface area contributed by atoms with Crippen LogP contribution in [-0.2, 0) is 11.0 Å². The minimum atomic E-state index is -4.47. The maximum atomic E-state index is 12.2. The van der Waals surface area contributed by atoms with Crippen LogP contribution in [0.15, 0.2) is 6.07 Å². The van der Waals surface area contributed by atoms with Crippen molar-refractivity contribution in [2.24, 2.45) is 11.8 Å². The largest absolute Gasteiger partial charge is 0.432 e. The lowest BCUT2D eigenvalue weighted by Gasteiger charge is -2.00. The van der Waals surface area contributed by atoms with Gasteiger partial charge in [-0.25, -0.2) is 0 Å². The van der Waals surface area contributed by atoms with Gasteiger partial charge in [0.05, 0.1) is 0 Å². The van der Waals surface area contributed by atoms with E-state index in [2.05, 4.69) is 10.4 Å². The van der Waals surface area contributed by atoms with Gasteiger partial charge in [0.25, 0.3) is 0 Å². The molecule has 2 unspecified atom stereocenters. The molecule has 0 aromatic carbocycles. The maximum Gasteiger partial charge on any atom is 0.432 e. The van der Waals surface area contributed by atoms with Gasteiger partial charge < -0.3 is 5.32 Å². The average Bonchev–Trinajstić information content (AvgIpc) is 2.71. The third-order valence-corrected chi connectivity index (χ3v) is 2.58. The van der Waals surface area contributed by atoms with Gasteiger partial charge in [-0.05, 0) is 12.3 Å². The number of nitrogens with zero attached hydrogens (tertiary/aromatic N) is 1. The standard InChI is InChI=1S/C9H10F3N3O/c1-4-2-5(4)8(16)13-7-3-6(14-15-7)9(10,11)12/h3-5H,2H2,1H3,(H2,13,14,15,16). The van der Waals surface area contributed by atoms with Crippen LogP contribution in [0.4, 0.5) is 19.0 Å². The number of nitrogens with one attached hydrogen (secondary N) is 2. The molecule has 1 aromatic heterocycles. The smallest absolute Gasteiger partial charge is 0.309 e. The normalized spacial score (nSPS) is 24.2. The van der Waals surface area contributed by atoms with E-state index in [1.54, 1.807) is 0 Å². The molecule has 1 aliphatic carbocycles. The van der Waals surface area contributed by atoms with Gasteiger partial charge in [-0.2, -0.15) is 18.3 Å². The number of halogens is 3. The van der Waals surface area contributed by atoms with E-state index >= 15 is 0 Å². The summed E-state index contributed by atoms with van der Waals surface area (Å²) in [4.78, 5) is 11.4. The van der Waals surface area contributed by atoms with Crippen molar-refractivity contribution < 1.29 is 18.0 Å². The molecule has 2 atom stereocenters. The lowest BCUT2D eigenvalue weighted by Crippen LogP contribution is -2.14. The topological polar surface area (TPSA) is 57.8 Å². The molecule has 1 saturated carbocycles. The lowest BCUT2D eigenvalue weighted by molar-refractivity contribution is -0.141. The van der Waals surface area contributed by atoms with Crippen LogP contribution in [0.25, 0.3) is 0 Å². The molecule has 1 fully saturated rings. The van der Waals surface area contributed by atoms with Crippen LogP contribution in [-0.4, -0.2) is 16.1 Å². The number of alkyl halides is 3. The van der Waals surface area contributed by atoms with E-state index in [4.69, 9.17) is 0 Å². The molecular weight excluding hydrogens is 223 g/mol. The second-order valence-electron chi connectivity index (χ2n) is 3.97. The predicted octanol–water partition coefficient (Wildman–Crippen LogP) is 2.02. The number of amides is 1. The molecule has 0 spiro atoms. The van der Waals surface area contributed by atoms with Gasteiger partial charge in [0.15, 0.2) is 5.82 Å². The van der Waals surface area contributed by atoms with Crippen molar-refractivity contribution in [3.05, 3.63) is 11.8 Å². The van der Waals surface area contributed by atoms with Gasteiger partial charge in [-0.1, -0.05) is 6.92 Å². The first-order valence-electron chi connectivity index (χ1n) is 4.81. The molecule has 16 heavy (non-hydrogen) atoms. The van der Waals surface area contributed by atoms with E-state index in [9.17, 15) is 18.0 Å². The molecule has 0 bridgehead atoms. The van der Waals surface area contributed by atoms with E-state index in [-0.39, 0.29) is 17.6 Å². The Labute approximate surface area is 89.2 Å². The number of rotatable bonds is 2. The Kier molecular flexibility index (Phi) is 2.40. The second kappa shape index (κ2) is 3.50. The molecule has 1 amide bonds. The van der Waals surface area contributed by atoms with Crippen molar-refractivity contribution >= 4 is 11.7 Å². The highest BCUT2D eigenvalue weighted by molar-refractivity contribution is 5.93. The van der Waals surface area contributed by atoms with E-state index in [1.165, 1.54) is 0 Å². The van der Waals surface area contributed by atoms with E-state index in [0.717, 1.165) is 12.5 Å². The zero-order valence-electron chi connectivity index (χ0n) is 8.43. The summed E-state index contributed by atoms with van der Waals surface area (Å²) in [5.41, 5.74) is -0.966. The Morgan fingerprint density at radius 1 is 1.62 bits per heavy atom. The number of hydrogen-bond acceptors (Lipinski definition) is 2. The number of carbonyl (C=O) groups is 1. The van der Waals surface area contributed by atoms with Crippen LogP contribution in [0.3, 0.4) is 0 Å². The van der Waals surface area contributed by atoms with Crippen LogP contribution in [0, 0.1) is 11.8 Å². The first kappa shape index (κ1) is 11.0. The fourth-order valence-electron chi connectivity index (χ4n) is 1.44. The van der Waals surface area contributed by atoms with Gasteiger partial charge in [0.1, 0.15) is 5.69 Å². The van der Waals surface area contributed by atoms with Gasteiger partial charge in [0, 0.05) is 12.0 Å². The number of carbonyl (C=O) groups excluding carboxylic acids is 1. The van der Waals surface area contributed by atoms with Crippen LogP contribution < -0.4 is 5.32 Å². The zero-order chi connectivity index (χ0) is 11.9. The Balaban J connectivity index is 2.00. The Hall–Kier alpha value is -1.53. The fraction of sp³-hybridized carbons (Fsp3) is 0.556. The molecule has 1 heterocycles. The highest BCUT2D eigenvalue weighted by Gasteiger charge is 2.39. The molecule has 0 saturated heterocycles. The number of aromatic nitrogens is 2. The van der Waals surface area contributed by atoms with Crippen molar-refractivity contribution in [3.8, 4) is 0 Å². The van der Waals surface area contributed by atoms with Crippen molar-refractivity contribution in [1.29, 1.82) is 0 Å². The van der Waals surface area contributed by atoms with Gasteiger partial charge in [0.2, 0.25) is 5.91 Å². The third-order valence-electron chi connectivity index (χ3n) is 2.58. The van der Waals surface area contributed by atoms with Crippen LogP contribution in [0.5, 0.6) is 0 Å². The molecule has 0 radical (unpaired) electrons. The SMILES string of the molecule is CC1CC1C(=O)Nc1cc(C(F)(F)F)[nH]n1. The highest BCUT2D eigenvalue weighted by atomic mass is 19.4. The minimum absolute atomic E-state index is 0.0866. The Morgan fingerprint density at radius 2 is 2.25 bits per heavy atom. The first-order valence-corrected chi connectivity index (χ1v) is 4.81. The van der Waals surface area contributed by atoms with Gasteiger partial charge in [-0.3, -0.25) is 9.89 Å². The Morgan fingerprint density at radius 3 is 2.69 bits per heavy atom. The van der Waals surface area contributed by atoms with Gasteiger partial charge in [-0.15, -0.1) is 0 Å². The summed E-state index contributed by atoms with van der Waals surface area (Å²) < 4.78 is 36.6. The summed E-state index contributed by atoms with van der Waals surface area (Å²) in [5.74, 6) is -0.142. The summed E-state index contributed by atoms with van der Waals surface area (Å²) in [7, 11) is 0. The fourth-order valence-corrected chi connectivity index (χ4v) is 1.44. The number of aromatic amines is 1. The van der Waals surface area contributed by atoms with E-state index < -0.39 is 11.9 Å². The quantitative estimate of drug-likeness (QED) is 0.821. The molecule has 4 nitrogen and oxygen atoms in total. The Bertz CT molecular complexity index is 412. The van der Waals surface area contributed by atoms with Crippen molar-refractivity contribution in [1.82, 2.24) is 10.2 Å². The van der Waals surface area contributed by atoms with E-state index in [1.807, 2.05) is 12.0 Å². The lowest BCUT2D eigenvalue weighted by atomic mass is 10.3. The molecule has 7 heteroatoms. The van der Waals surface area contributed by atoms with Crippen molar-refractivity contribution in [3.63, 3.8) is 0 Å². The molecule has 2 rings (SSSR count). The summed E-state index contributed by atoms with van der Waals surface area (Å²) in [6.07, 6.45) is -3.69. The monoisotopic (exact) mass is 233 g/mol. The summed E-state index contributed by atoms with van der Waals surface area (Å²) in [5, 5.41) is 7.56. The zero-order valence-corrected chi connectivity index (χ0v) is 8.43. The number of anilines is 1. The van der Waals surface area contributed by atoms with Crippen LogP contribution in [0.2, 0.25) is 0 Å². The molecule has 88 valence electrons. The van der Waals surface area contributed by atoms with Crippen molar-refractivity contribution in [2.75, 3.05) is 5.32 Å². The third kappa shape index (κ3) is 2.17. The molecule has 1 aromatic rings. The van der Waals surface area contributed by atoms with Gasteiger partial charge >= 0.3 is 6.18 Å². The van der Waals surface area contributed by atoms with E-state index in [0.29, 0.717) is 5.92 Å². The molecule has 2 N–H and O–H groups in total. The first-order chi connectivity index (χ1) is 7.38. The molecular formula is C9H10F3N3O. The second-order valence-corrected chi connectivity index (χ2v) is 3.97. The predicted molar refractivity (Wildman–Crippen MR) is 49.5 cm³/mol. The summed E-state index contributed by atoms with van der Waals surface area (Å²) >= 11 is 0. The summed E-state index contributed by atoms with van der Waals surface area (Å²) in [6, 6.07) is 0.783. The van der Waals surface area contributed by atoms with Crippen LogP contribution >= 0.6 is 0 Å². The molecule has 0 aliphatic heterocycles. The van der Waals surface area contributed by atoms with Crippen molar-refractivity contribution in [2.45, 2.75) is 19.5 Å². The summed E-state index contributed by atoms with van der Waals surface area (Å²) in [6.45, 7) is 1.91. The van der Waals surface area contributed by atoms with Crippen LogP contribution in [0.1, 0.15) is 19.0 Å². The number of H-pyrrole nitrogens is 1.